The van der Waals surface area contributed by atoms with Gasteiger partial charge in [0.15, 0.2) is 6.10 Å². The largest absolute Gasteiger partial charge is 0.463 e. The molecule has 1 aromatic carbocycles. The molecular weight excluding hydrogens is 396 g/mol. The lowest BCUT2D eigenvalue weighted by Gasteiger charge is -2.35. The summed E-state index contributed by atoms with van der Waals surface area (Å²) in [5.74, 6) is -0.294. The minimum Gasteiger partial charge on any atom is -0.463 e. The monoisotopic (exact) mass is 418 g/mol. The number of anilines is 2. The van der Waals surface area contributed by atoms with Gasteiger partial charge in [-0.1, -0.05) is 30.9 Å². The van der Waals surface area contributed by atoms with E-state index in [0.29, 0.717) is 16.8 Å². The van der Waals surface area contributed by atoms with Gasteiger partial charge < -0.3 is 14.7 Å². The van der Waals surface area contributed by atoms with Crippen LogP contribution in [0.25, 0.3) is 0 Å². The SMILES string of the molecule is C=C(/N=C\C=C/C)[C@]1(O)c2ccccc2C(=O)N1c1ccc2c(n1)O[C@H](C)C(=O)N2C. The van der Waals surface area contributed by atoms with E-state index in [-0.39, 0.29) is 23.3 Å². The van der Waals surface area contributed by atoms with E-state index in [1.165, 1.54) is 11.1 Å². The van der Waals surface area contributed by atoms with Crippen molar-refractivity contribution in [2.75, 3.05) is 16.8 Å². The number of aromatic nitrogens is 1. The van der Waals surface area contributed by atoms with Crippen LogP contribution in [0.15, 0.2) is 65.8 Å². The molecule has 158 valence electrons. The van der Waals surface area contributed by atoms with Gasteiger partial charge in [-0.3, -0.25) is 19.5 Å². The number of carbonyl (C=O) groups is 2. The molecule has 0 saturated carbocycles. The van der Waals surface area contributed by atoms with Crippen LogP contribution in [0, 0.1) is 0 Å². The van der Waals surface area contributed by atoms with Crippen molar-refractivity contribution < 1.29 is 19.4 Å². The molecule has 0 aliphatic carbocycles. The molecule has 8 heteroatoms. The number of likely N-dealkylation sites (N-methyl/N-ethyl adjacent to an activating group) is 1. The van der Waals surface area contributed by atoms with Crippen LogP contribution in [0.4, 0.5) is 11.5 Å². The number of rotatable bonds is 4. The molecule has 2 atom stereocenters. The summed E-state index contributed by atoms with van der Waals surface area (Å²) < 4.78 is 5.65. The van der Waals surface area contributed by atoms with Crippen LogP contribution in [0.1, 0.15) is 29.8 Å². The van der Waals surface area contributed by atoms with E-state index in [1.807, 2.05) is 6.92 Å². The van der Waals surface area contributed by atoms with Gasteiger partial charge in [0.25, 0.3) is 11.8 Å². The lowest BCUT2D eigenvalue weighted by Crippen LogP contribution is -2.46. The molecule has 0 unspecified atom stereocenters. The molecule has 2 aliphatic heterocycles. The van der Waals surface area contributed by atoms with E-state index < -0.39 is 17.7 Å². The number of nitrogens with zero attached hydrogens (tertiary/aromatic N) is 4. The lowest BCUT2D eigenvalue weighted by atomic mass is 9.99. The van der Waals surface area contributed by atoms with Gasteiger partial charge >= 0.3 is 0 Å². The summed E-state index contributed by atoms with van der Waals surface area (Å²) in [6.07, 6.45) is 4.26. The number of pyridine rings is 1. The Kier molecular flexibility index (Phi) is 4.94. The number of fused-ring (bicyclic) bond motifs is 2. The van der Waals surface area contributed by atoms with Crippen LogP contribution >= 0.6 is 0 Å². The first-order valence-corrected chi connectivity index (χ1v) is 9.77. The Bertz CT molecular complexity index is 1160. The summed E-state index contributed by atoms with van der Waals surface area (Å²) in [5.41, 5.74) is -0.707. The number of amides is 2. The normalized spacial score (nSPS) is 22.8. The third-order valence-corrected chi connectivity index (χ3v) is 5.35. The number of aliphatic imine (C=N–C) groups is 1. The Balaban J connectivity index is 1.85. The quantitative estimate of drug-likeness (QED) is 0.771. The highest BCUT2D eigenvalue weighted by molar-refractivity contribution is 6.12. The fraction of sp³-hybridized carbons (Fsp3) is 0.217. The van der Waals surface area contributed by atoms with Crippen molar-refractivity contribution in [3.05, 3.63) is 72.0 Å². The summed E-state index contributed by atoms with van der Waals surface area (Å²) >= 11 is 0. The van der Waals surface area contributed by atoms with Crippen molar-refractivity contribution in [3.8, 4) is 5.88 Å². The maximum Gasteiger partial charge on any atom is 0.267 e. The van der Waals surface area contributed by atoms with Gasteiger partial charge in [0.05, 0.1) is 5.70 Å². The molecule has 0 fully saturated rings. The van der Waals surface area contributed by atoms with Gasteiger partial charge in [0.2, 0.25) is 11.6 Å². The van der Waals surface area contributed by atoms with Gasteiger partial charge in [-0.25, -0.2) is 0 Å². The molecule has 0 bridgehead atoms. The molecule has 1 N–H and O–H groups in total. The van der Waals surface area contributed by atoms with E-state index in [9.17, 15) is 14.7 Å². The zero-order valence-corrected chi connectivity index (χ0v) is 17.4. The van der Waals surface area contributed by atoms with E-state index in [1.54, 1.807) is 62.5 Å². The Morgan fingerprint density at radius 2 is 2.03 bits per heavy atom. The minimum atomic E-state index is -1.94. The van der Waals surface area contributed by atoms with Crippen LogP contribution < -0.4 is 14.5 Å². The number of ether oxygens (including phenoxy) is 1. The van der Waals surface area contributed by atoms with Crippen molar-refractivity contribution in [2.24, 2.45) is 4.99 Å². The van der Waals surface area contributed by atoms with Gasteiger partial charge in [-0.05, 0) is 38.1 Å². The van der Waals surface area contributed by atoms with Crippen LogP contribution in [-0.2, 0) is 10.5 Å². The Morgan fingerprint density at radius 1 is 1.29 bits per heavy atom. The summed E-state index contributed by atoms with van der Waals surface area (Å²) in [6, 6.07) is 9.93. The second-order valence-electron chi connectivity index (χ2n) is 7.26. The maximum absolute atomic E-state index is 13.3. The third kappa shape index (κ3) is 3.03. The zero-order chi connectivity index (χ0) is 22.3. The fourth-order valence-electron chi connectivity index (χ4n) is 3.72. The van der Waals surface area contributed by atoms with E-state index >= 15 is 0 Å². The molecule has 3 heterocycles. The molecule has 31 heavy (non-hydrogen) atoms. The first kappa shape index (κ1) is 20.5. The Hall–Kier alpha value is -3.78. The van der Waals surface area contributed by atoms with Crippen molar-refractivity contribution in [2.45, 2.75) is 25.7 Å². The van der Waals surface area contributed by atoms with E-state index in [2.05, 4.69) is 16.6 Å². The first-order chi connectivity index (χ1) is 14.8. The van der Waals surface area contributed by atoms with Crippen LogP contribution in [0.5, 0.6) is 5.88 Å². The lowest BCUT2D eigenvalue weighted by molar-refractivity contribution is -0.125. The molecule has 2 amide bonds. The second kappa shape index (κ2) is 7.48. The van der Waals surface area contributed by atoms with Gasteiger partial charge in [0.1, 0.15) is 11.5 Å². The average molecular weight is 418 g/mol. The topological polar surface area (TPSA) is 95.3 Å². The van der Waals surface area contributed by atoms with Crippen molar-refractivity contribution in [1.29, 1.82) is 0 Å². The maximum atomic E-state index is 13.3. The van der Waals surface area contributed by atoms with Crippen LogP contribution in [-0.4, -0.2) is 41.3 Å². The number of allylic oxidation sites excluding steroid dienone is 2. The number of benzene rings is 1. The second-order valence-corrected chi connectivity index (χ2v) is 7.26. The molecule has 0 spiro atoms. The highest BCUT2D eigenvalue weighted by Gasteiger charge is 2.52. The van der Waals surface area contributed by atoms with Crippen molar-refractivity contribution >= 4 is 29.5 Å². The molecule has 1 aromatic heterocycles. The molecule has 4 rings (SSSR count). The van der Waals surface area contributed by atoms with Gasteiger partial charge in [-0.2, -0.15) is 4.98 Å². The fourth-order valence-corrected chi connectivity index (χ4v) is 3.72. The van der Waals surface area contributed by atoms with Gasteiger partial charge in [-0.15, -0.1) is 0 Å². The summed E-state index contributed by atoms with van der Waals surface area (Å²) in [7, 11) is 1.63. The molecular formula is C23H22N4O4. The smallest absolute Gasteiger partial charge is 0.267 e. The number of aliphatic hydroxyl groups is 1. The summed E-state index contributed by atoms with van der Waals surface area (Å²) in [6.45, 7) is 7.39. The molecule has 0 saturated heterocycles. The summed E-state index contributed by atoms with van der Waals surface area (Å²) in [5, 5.41) is 11.8. The number of carbonyl (C=O) groups excluding carboxylic acids is 2. The minimum absolute atomic E-state index is 0.0602. The summed E-state index contributed by atoms with van der Waals surface area (Å²) in [4.78, 5) is 36.8. The highest BCUT2D eigenvalue weighted by atomic mass is 16.5. The third-order valence-electron chi connectivity index (χ3n) is 5.35. The predicted molar refractivity (Wildman–Crippen MR) is 117 cm³/mol. The first-order valence-electron chi connectivity index (χ1n) is 9.77. The standard InChI is InChI=1S/C23H22N4O4/c1-5-6-13-24-15(3)23(30)17-10-8-7-9-16(17)22(29)27(23)19-12-11-18-20(25-19)31-14(2)21(28)26(18)4/h5-14,30H,3H2,1-2,4H3/b6-5-,24-13-/t14-,23+/m1/s1. The Labute approximate surface area is 179 Å². The molecule has 8 nitrogen and oxygen atoms in total. The van der Waals surface area contributed by atoms with Crippen molar-refractivity contribution in [3.63, 3.8) is 0 Å². The highest BCUT2D eigenvalue weighted by Crippen LogP contribution is 2.45. The number of hydrogen-bond donors (Lipinski definition) is 1. The van der Waals surface area contributed by atoms with Crippen LogP contribution in [0.3, 0.4) is 0 Å². The zero-order valence-electron chi connectivity index (χ0n) is 17.4. The average Bonchev–Trinajstić information content (AvgIpc) is 3.00. The van der Waals surface area contributed by atoms with E-state index in [4.69, 9.17) is 4.74 Å². The van der Waals surface area contributed by atoms with E-state index in [0.717, 1.165) is 4.90 Å². The Morgan fingerprint density at radius 3 is 2.77 bits per heavy atom. The number of hydrogen-bond acceptors (Lipinski definition) is 6. The van der Waals surface area contributed by atoms with Gasteiger partial charge in [0, 0.05) is 24.4 Å². The molecule has 2 aromatic rings. The van der Waals surface area contributed by atoms with Crippen molar-refractivity contribution in [1.82, 2.24) is 4.98 Å². The predicted octanol–water partition coefficient (Wildman–Crippen LogP) is 2.79. The molecule has 0 radical (unpaired) electrons. The molecule has 2 aliphatic rings. The van der Waals surface area contributed by atoms with Crippen LogP contribution in [0.2, 0.25) is 0 Å².